The first-order chi connectivity index (χ1) is 5.02. The molecule has 0 aromatic rings. The lowest BCUT2D eigenvalue weighted by molar-refractivity contribution is -0.143. The third kappa shape index (κ3) is 4.38. The van der Waals surface area contributed by atoms with Gasteiger partial charge in [-0.25, -0.2) is 6.57 Å². The van der Waals surface area contributed by atoms with Crippen molar-refractivity contribution in [1.82, 2.24) is 0 Å². The first-order valence-corrected chi connectivity index (χ1v) is 3.56. The molecule has 11 heavy (non-hydrogen) atoms. The number of carbonyl (C=O) groups is 1. The molecule has 0 unspecified atom stereocenters. The summed E-state index contributed by atoms with van der Waals surface area (Å²) in [6, 6.07) is 0. The summed E-state index contributed by atoms with van der Waals surface area (Å²) in [5.74, 6) is -0.298. The average Bonchev–Trinajstić information content (AvgIpc) is 1.87. The summed E-state index contributed by atoms with van der Waals surface area (Å²) >= 11 is 0. The Bertz CT molecular complexity index is 179. The minimum absolute atomic E-state index is 0.171. The monoisotopic (exact) mass is 155 g/mol. The Hall–Kier alpha value is -1.04. The molecule has 0 amide bonds. The van der Waals surface area contributed by atoms with Gasteiger partial charge in [0, 0.05) is 13.8 Å². The molecule has 0 rings (SSSR count). The number of nitrogens with zero attached hydrogens (tertiary/aromatic N) is 1. The van der Waals surface area contributed by atoms with Crippen LogP contribution in [-0.2, 0) is 9.53 Å². The summed E-state index contributed by atoms with van der Waals surface area (Å²) in [4.78, 5) is 14.1. The largest absolute Gasteiger partial charge is 0.466 e. The highest BCUT2D eigenvalue weighted by atomic mass is 16.5. The molecule has 0 radical (unpaired) electrons. The molecule has 0 bridgehead atoms. The van der Waals surface area contributed by atoms with Crippen LogP contribution in [0.4, 0.5) is 0 Å². The van der Waals surface area contributed by atoms with Crippen molar-refractivity contribution in [2.45, 2.75) is 32.7 Å². The maximum absolute atomic E-state index is 10.9. The van der Waals surface area contributed by atoms with Gasteiger partial charge in [-0.3, -0.25) is 4.79 Å². The lowest BCUT2D eigenvalue weighted by Crippen LogP contribution is -2.21. The zero-order valence-corrected chi connectivity index (χ0v) is 7.18. The molecular formula is C8H13NO2. The molecule has 0 aromatic carbocycles. The minimum atomic E-state index is -0.619. The van der Waals surface area contributed by atoms with Crippen molar-refractivity contribution in [3.63, 3.8) is 0 Å². The van der Waals surface area contributed by atoms with Crippen LogP contribution in [0.5, 0.6) is 0 Å². The van der Waals surface area contributed by atoms with Gasteiger partial charge in [-0.05, 0) is 6.92 Å². The molecule has 0 aromatic heterocycles. The number of ether oxygens (including phenoxy) is 1. The molecule has 0 spiro atoms. The van der Waals surface area contributed by atoms with Crippen molar-refractivity contribution in [2.24, 2.45) is 0 Å². The fourth-order valence-corrected chi connectivity index (χ4v) is 0.605. The summed E-state index contributed by atoms with van der Waals surface area (Å²) in [5.41, 5.74) is -0.619. The van der Waals surface area contributed by atoms with Crippen LogP contribution >= 0.6 is 0 Å². The zero-order chi connectivity index (χ0) is 8.91. The molecule has 0 atom stereocenters. The Morgan fingerprint density at radius 1 is 1.64 bits per heavy atom. The third-order valence-electron chi connectivity index (χ3n) is 1.18. The summed E-state index contributed by atoms with van der Waals surface area (Å²) in [5, 5.41) is 0. The van der Waals surface area contributed by atoms with E-state index in [1.807, 2.05) is 0 Å². The van der Waals surface area contributed by atoms with Gasteiger partial charge in [-0.2, -0.15) is 0 Å². The lowest BCUT2D eigenvalue weighted by atomic mass is 10.0. The van der Waals surface area contributed by atoms with Gasteiger partial charge in [0.1, 0.15) is 6.42 Å². The second kappa shape index (κ2) is 3.97. The molecule has 3 heteroatoms. The SMILES string of the molecule is [C-]#[N+]C(C)(C)CC(=O)OCC. The molecule has 0 fully saturated rings. The van der Waals surface area contributed by atoms with Crippen LogP contribution in [0.15, 0.2) is 0 Å². The molecule has 0 saturated carbocycles. The maximum atomic E-state index is 10.9. The summed E-state index contributed by atoms with van der Waals surface area (Å²) in [6.07, 6.45) is 0.171. The van der Waals surface area contributed by atoms with Crippen LogP contribution in [0, 0.1) is 6.57 Å². The van der Waals surface area contributed by atoms with Crippen molar-refractivity contribution in [3.8, 4) is 0 Å². The molecular weight excluding hydrogens is 142 g/mol. The van der Waals surface area contributed by atoms with Crippen LogP contribution in [0.25, 0.3) is 4.85 Å². The molecule has 0 heterocycles. The van der Waals surface area contributed by atoms with E-state index in [4.69, 9.17) is 11.3 Å². The first-order valence-electron chi connectivity index (χ1n) is 3.56. The Morgan fingerprint density at radius 3 is 2.55 bits per heavy atom. The van der Waals surface area contributed by atoms with Gasteiger partial charge in [-0.15, -0.1) is 0 Å². The first kappa shape index (κ1) is 9.96. The highest BCUT2D eigenvalue weighted by Gasteiger charge is 2.27. The second-order valence-corrected chi connectivity index (χ2v) is 2.91. The van der Waals surface area contributed by atoms with Crippen LogP contribution in [0.1, 0.15) is 27.2 Å². The number of carbonyl (C=O) groups excluding carboxylic acids is 1. The second-order valence-electron chi connectivity index (χ2n) is 2.91. The Morgan fingerprint density at radius 2 is 2.18 bits per heavy atom. The van der Waals surface area contributed by atoms with E-state index in [0.29, 0.717) is 6.61 Å². The Balaban J connectivity index is 3.86. The van der Waals surface area contributed by atoms with Crippen molar-refractivity contribution in [3.05, 3.63) is 11.4 Å². The third-order valence-corrected chi connectivity index (χ3v) is 1.18. The molecule has 0 aliphatic carbocycles. The van der Waals surface area contributed by atoms with E-state index >= 15 is 0 Å². The molecule has 0 aliphatic heterocycles. The normalized spacial score (nSPS) is 10.4. The van der Waals surface area contributed by atoms with Crippen molar-refractivity contribution in [2.75, 3.05) is 6.61 Å². The van der Waals surface area contributed by atoms with Crippen molar-refractivity contribution >= 4 is 5.97 Å². The average molecular weight is 155 g/mol. The molecule has 0 N–H and O–H groups in total. The van der Waals surface area contributed by atoms with Gasteiger partial charge in [0.15, 0.2) is 0 Å². The van der Waals surface area contributed by atoms with E-state index in [1.165, 1.54) is 0 Å². The van der Waals surface area contributed by atoms with E-state index in [2.05, 4.69) is 4.85 Å². The predicted molar refractivity (Wildman–Crippen MR) is 41.9 cm³/mol. The fourth-order valence-electron chi connectivity index (χ4n) is 0.605. The fraction of sp³-hybridized carbons (Fsp3) is 0.750. The number of hydrogen-bond acceptors (Lipinski definition) is 2. The van der Waals surface area contributed by atoms with Crippen molar-refractivity contribution < 1.29 is 9.53 Å². The highest BCUT2D eigenvalue weighted by molar-refractivity contribution is 5.71. The number of rotatable bonds is 3. The van der Waals surface area contributed by atoms with E-state index in [1.54, 1.807) is 20.8 Å². The van der Waals surface area contributed by atoms with Gasteiger partial charge < -0.3 is 9.58 Å². The van der Waals surface area contributed by atoms with Gasteiger partial charge in [0.2, 0.25) is 5.54 Å². The maximum Gasteiger partial charge on any atom is 0.313 e. The van der Waals surface area contributed by atoms with E-state index in [9.17, 15) is 4.79 Å². The summed E-state index contributed by atoms with van der Waals surface area (Å²) < 4.78 is 4.70. The smallest absolute Gasteiger partial charge is 0.313 e. The van der Waals surface area contributed by atoms with E-state index in [-0.39, 0.29) is 12.4 Å². The molecule has 0 saturated heterocycles. The Labute approximate surface area is 67.2 Å². The zero-order valence-electron chi connectivity index (χ0n) is 7.18. The number of esters is 1. The Kier molecular flexibility index (Phi) is 3.59. The molecule has 0 aliphatic rings. The van der Waals surface area contributed by atoms with E-state index < -0.39 is 5.54 Å². The molecule has 62 valence electrons. The standard InChI is InChI=1S/C8H13NO2/c1-5-11-7(10)6-8(2,3)9-4/h5-6H2,1-3H3. The minimum Gasteiger partial charge on any atom is -0.466 e. The summed E-state index contributed by atoms with van der Waals surface area (Å²) in [7, 11) is 0. The summed E-state index contributed by atoms with van der Waals surface area (Å²) in [6.45, 7) is 12.3. The van der Waals surface area contributed by atoms with Crippen LogP contribution in [-0.4, -0.2) is 18.1 Å². The predicted octanol–water partition coefficient (Wildman–Crippen LogP) is 1.64. The van der Waals surface area contributed by atoms with Gasteiger partial charge in [-0.1, -0.05) is 0 Å². The van der Waals surface area contributed by atoms with Crippen molar-refractivity contribution in [1.29, 1.82) is 0 Å². The molecule has 3 nitrogen and oxygen atoms in total. The quantitative estimate of drug-likeness (QED) is 0.458. The van der Waals surface area contributed by atoms with Crippen LogP contribution < -0.4 is 0 Å². The van der Waals surface area contributed by atoms with Gasteiger partial charge in [0.05, 0.1) is 6.61 Å². The van der Waals surface area contributed by atoms with Crippen LogP contribution in [0.2, 0.25) is 0 Å². The van der Waals surface area contributed by atoms with E-state index in [0.717, 1.165) is 0 Å². The van der Waals surface area contributed by atoms with Crippen LogP contribution in [0.3, 0.4) is 0 Å². The van der Waals surface area contributed by atoms with Gasteiger partial charge in [0.25, 0.3) is 0 Å². The number of hydrogen-bond donors (Lipinski definition) is 0. The topological polar surface area (TPSA) is 30.7 Å². The highest BCUT2D eigenvalue weighted by Crippen LogP contribution is 2.14. The lowest BCUT2D eigenvalue weighted by Gasteiger charge is -2.08. The van der Waals surface area contributed by atoms with Gasteiger partial charge >= 0.3 is 5.97 Å².